The summed E-state index contributed by atoms with van der Waals surface area (Å²) in [5, 5.41) is 6.49. The molecule has 0 saturated carbocycles. The zero-order chi connectivity index (χ0) is 25.7. The number of amides is 1. The first kappa shape index (κ1) is 25.3. The van der Waals surface area contributed by atoms with E-state index in [1.54, 1.807) is 32.3 Å². The lowest BCUT2D eigenvalue weighted by Gasteiger charge is -2.32. The second-order valence-electron chi connectivity index (χ2n) is 8.32. The Labute approximate surface area is 213 Å². The first-order valence-corrected chi connectivity index (χ1v) is 12.0. The van der Waals surface area contributed by atoms with E-state index in [9.17, 15) is 14.0 Å². The molecule has 3 aromatic rings. The maximum absolute atomic E-state index is 13.6. The summed E-state index contributed by atoms with van der Waals surface area (Å²) in [4.78, 5) is 39.0. The molecule has 1 aliphatic heterocycles. The molecule has 2 N–H and O–H groups in total. The Balaban J connectivity index is 1.65. The third-order valence-electron chi connectivity index (χ3n) is 5.81. The molecular weight excluding hydrogens is 487 g/mol. The van der Waals surface area contributed by atoms with Gasteiger partial charge in [-0.25, -0.2) is 14.2 Å². The predicted octanol–water partition coefficient (Wildman–Crippen LogP) is 4.67. The fourth-order valence-corrected chi connectivity index (χ4v) is 4.09. The monoisotopic (exact) mass is 512 g/mol. The number of aromatic nitrogens is 3. The van der Waals surface area contributed by atoms with Gasteiger partial charge in [-0.1, -0.05) is 11.6 Å². The Bertz CT molecular complexity index is 1270. The lowest BCUT2D eigenvalue weighted by Crippen LogP contribution is -2.41. The largest absolute Gasteiger partial charge is 0.462 e. The number of pyridine rings is 1. The van der Waals surface area contributed by atoms with Gasteiger partial charge in [0.1, 0.15) is 11.6 Å². The van der Waals surface area contributed by atoms with Crippen molar-refractivity contribution in [1.82, 2.24) is 19.9 Å². The van der Waals surface area contributed by atoms with Crippen molar-refractivity contribution in [2.75, 3.05) is 30.3 Å². The molecule has 0 unspecified atom stereocenters. The van der Waals surface area contributed by atoms with Gasteiger partial charge >= 0.3 is 5.97 Å². The molecule has 36 heavy (non-hydrogen) atoms. The summed E-state index contributed by atoms with van der Waals surface area (Å²) >= 11 is 5.90. The number of anilines is 3. The molecular formula is C25H26ClFN6O3. The van der Waals surface area contributed by atoms with Crippen molar-refractivity contribution in [2.24, 2.45) is 0 Å². The van der Waals surface area contributed by atoms with Gasteiger partial charge in [-0.15, -0.1) is 0 Å². The highest BCUT2D eigenvalue weighted by atomic mass is 35.5. The molecule has 1 aromatic carbocycles. The number of piperidine rings is 1. The van der Waals surface area contributed by atoms with Gasteiger partial charge in [0.2, 0.25) is 11.9 Å². The van der Waals surface area contributed by atoms with Gasteiger partial charge in [0.25, 0.3) is 0 Å². The smallest absolute Gasteiger partial charge is 0.339 e. The van der Waals surface area contributed by atoms with E-state index in [1.165, 1.54) is 24.4 Å². The topological polar surface area (TPSA) is 109 Å². The number of nitrogens with one attached hydrogen (secondary N) is 2. The van der Waals surface area contributed by atoms with Crippen LogP contribution in [0.3, 0.4) is 0 Å². The van der Waals surface area contributed by atoms with Gasteiger partial charge in [-0.2, -0.15) is 4.98 Å². The molecule has 0 bridgehead atoms. The van der Waals surface area contributed by atoms with Gasteiger partial charge in [-0.3, -0.25) is 9.78 Å². The van der Waals surface area contributed by atoms with Crippen LogP contribution >= 0.6 is 11.6 Å². The zero-order valence-corrected chi connectivity index (χ0v) is 20.7. The van der Waals surface area contributed by atoms with Crippen LogP contribution in [-0.4, -0.2) is 57.5 Å². The van der Waals surface area contributed by atoms with Gasteiger partial charge in [0.15, 0.2) is 0 Å². The number of hydrogen-bond acceptors (Lipinski definition) is 8. The Morgan fingerprint density at radius 3 is 2.67 bits per heavy atom. The van der Waals surface area contributed by atoms with Gasteiger partial charge in [-0.05, 0) is 44.0 Å². The van der Waals surface area contributed by atoms with Crippen LogP contribution in [0.25, 0.3) is 11.1 Å². The standard InChI is InChI=1S/C25H26ClFN6O3/c1-3-36-24(35)17-10-16(12-28-13-17)20-14-29-25(31-19-4-5-22(27)21(26)11-19)32-23(20)30-18-6-8-33(9-7-18)15(2)34/h4-5,10-14,18H,3,6-9H2,1-2H3,(H2,29,30,31,32). The summed E-state index contributed by atoms with van der Waals surface area (Å²) in [6.07, 6.45) is 6.19. The number of carbonyl (C=O) groups excluding carboxylic acids is 2. The molecule has 188 valence electrons. The van der Waals surface area contributed by atoms with Crippen molar-refractivity contribution >= 4 is 40.9 Å². The number of halogens is 2. The van der Waals surface area contributed by atoms with Gasteiger partial charge in [0, 0.05) is 61.5 Å². The van der Waals surface area contributed by atoms with Crippen LogP contribution in [0.4, 0.5) is 21.8 Å². The first-order valence-electron chi connectivity index (χ1n) is 11.6. The Morgan fingerprint density at radius 1 is 1.19 bits per heavy atom. The van der Waals surface area contributed by atoms with E-state index in [0.717, 1.165) is 12.8 Å². The molecule has 11 heteroatoms. The van der Waals surface area contributed by atoms with Crippen LogP contribution < -0.4 is 10.6 Å². The number of likely N-dealkylation sites (tertiary alicyclic amines) is 1. The summed E-state index contributed by atoms with van der Waals surface area (Å²) in [5.74, 6) is -0.121. The van der Waals surface area contributed by atoms with Crippen LogP contribution in [0, 0.1) is 5.82 Å². The van der Waals surface area contributed by atoms with Crippen molar-refractivity contribution in [2.45, 2.75) is 32.7 Å². The number of nitrogens with zero attached hydrogens (tertiary/aromatic N) is 4. The highest BCUT2D eigenvalue weighted by Crippen LogP contribution is 2.30. The van der Waals surface area contributed by atoms with Crippen molar-refractivity contribution in [3.8, 4) is 11.1 Å². The minimum absolute atomic E-state index is 0.0194. The number of carbonyl (C=O) groups is 2. The molecule has 1 aliphatic rings. The maximum atomic E-state index is 13.6. The molecule has 0 spiro atoms. The van der Waals surface area contributed by atoms with Crippen LogP contribution in [0.2, 0.25) is 5.02 Å². The quantitative estimate of drug-likeness (QED) is 0.439. The molecule has 1 amide bonds. The maximum Gasteiger partial charge on any atom is 0.339 e. The second-order valence-corrected chi connectivity index (χ2v) is 8.72. The predicted molar refractivity (Wildman–Crippen MR) is 135 cm³/mol. The highest BCUT2D eigenvalue weighted by Gasteiger charge is 2.23. The van der Waals surface area contributed by atoms with E-state index in [0.29, 0.717) is 41.3 Å². The molecule has 1 fully saturated rings. The minimum Gasteiger partial charge on any atom is -0.462 e. The molecule has 0 atom stereocenters. The van der Waals surface area contributed by atoms with Gasteiger partial charge in [0.05, 0.1) is 17.2 Å². The highest BCUT2D eigenvalue weighted by molar-refractivity contribution is 6.31. The second kappa shape index (κ2) is 11.3. The van der Waals surface area contributed by atoms with E-state index in [1.807, 2.05) is 4.90 Å². The summed E-state index contributed by atoms with van der Waals surface area (Å²) < 4.78 is 18.7. The van der Waals surface area contributed by atoms with Crippen molar-refractivity contribution in [3.05, 3.63) is 59.3 Å². The molecule has 2 aromatic heterocycles. The zero-order valence-electron chi connectivity index (χ0n) is 19.9. The third-order valence-corrected chi connectivity index (χ3v) is 6.10. The number of esters is 1. The van der Waals surface area contributed by atoms with E-state index in [4.69, 9.17) is 16.3 Å². The normalized spacial score (nSPS) is 13.8. The van der Waals surface area contributed by atoms with E-state index in [2.05, 4.69) is 25.6 Å². The number of benzene rings is 1. The van der Waals surface area contributed by atoms with E-state index < -0.39 is 11.8 Å². The molecule has 9 nitrogen and oxygen atoms in total. The van der Waals surface area contributed by atoms with Crippen LogP contribution in [0.5, 0.6) is 0 Å². The third kappa shape index (κ3) is 6.06. The molecule has 3 heterocycles. The fraction of sp³-hybridized carbons (Fsp3) is 0.320. The fourth-order valence-electron chi connectivity index (χ4n) is 3.91. The molecule has 4 rings (SSSR count). The van der Waals surface area contributed by atoms with Crippen LogP contribution in [0.15, 0.2) is 42.9 Å². The average Bonchev–Trinajstić information content (AvgIpc) is 2.87. The summed E-state index contributed by atoms with van der Waals surface area (Å²) in [6.45, 7) is 4.85. The molecule has 1 saturated heterocycles. The summed E-state index contributed by atoms with van der Waals surface area (Å²) in [6, 6.07) is 6.00. The molecule has 0 radical (unpaired) electrons. The van der Waals surface area contributed by atoms with Crippen LogP contribution in [0.1, 0.15) is 37.0 Å². The molecule has 0 aliphatic carbocycles. The first-order chi connectivity index (χ1) is 17.3. The van der Waals surface area contributed by atoms with Gasteiger partial charge < -0.3 is 20.3 Å². The van der Waals surface area contributed by atoms with E-state index >= 15 is 0 Å². The van der Waals surface area contributed by atoms with E-state index in [-0.39, 0.29) is 29.5 Å². The summed E-state index contributed by atoms with van der Waals surface area (Å²) in [7, 11) is 0. The number of ether oxygens (including phenoxy) is 1. The SMILES string of the molecule is CCOC(=O)c1cncc(-c2cnc(Nc3ccc(F)c(Cl)c3)nc2NC2CCN(C(C)=O)CC2)c1. The Morgan fingerprint density at radius 2 is 1.97 bits per heavy atom. The lowest BCUT2D eigenvalue weighted by molar-refractivity contribution is -0.129. The van der Waals surface area contributed by atoms with Crippen molar-refractivity contribution in [1.29, 1.82) is 0 Å². The van der Waals surface area contributed by atoms with Crippen LogP contribution in [-0.2, 0) is 9.53 Å². The average molecular weight is 513 g/mol. The number of rotatable bonds is 7. The number of hydrogen-bond donors (Lipinski definition) is 2. The van der Waals surface area contributed by atoms with Crippen molar-refractivity contribution in [3.63, 3.8) is 0 Å². The Kier molecular flexibility index (Phi) is 7.94. The minimum atomic E-state index is -0.522. The lowest BCUT2D eigenvalue weighted by atomic mass is 10.0. The Hall–Kier alpha value is -3.79. The van der Waals surface area contributed by atoms with Crippen molar-refractivity contribution < 1.29 is 18.7 Å². The summed E-state index contributed by atoms with van der Waals surface area (Å²) in [5.41, 5.74) is 2.13.